The van der Waals surface area contributed by atoms with Gasteiger partial charge in [0.05, 0.1) is 16.9 Å². The van der Waals surface area contributed by atoms with Crippen LogP contribution < -0.4 is 10.2 Å². The fraction of sp³-hybridized carbons (Fsp3) is 0.192. The van der Waals surface area contributed by atoms with E-state index in [1.165, 1.54) is 5.56 Å². The number of pyridine rings is 1. The van der Waals surface area contributed by atoms with Gasteiger partial charge in [-0.15, -0.1) is 0 Å². The van der Waals surface area contributed by atoms with Crippen molar-refractivity contribution in [3.05, 3.63) is 94.6 Å². The minimum absolute atomic E-state index is 0.680. The van der Waals surface area contributed by atoms with Gasteiger partial charge in [-0.05, 0) is 48.0 Å². The van der Waals surface area contributed by atoms with Crippen LogP contribution in [0, 0.1) is 0 Å². The number of rotatable bonds is 5. The first-order valence-corrected chi connectivity index (χ1v) is 11.5. The summed E-state index contributed by atoms with van der Waals surface area (Å²) >= 11 is 12.5. The number of fused-ring (bicyclic) bond motifs is 1. The molecule has 1 aliphatic heterocycles. The molecule has 1 fully saturated rings. The van der Waals surface area contributed by atoms with E-state index in [1.807, 2.05) is 36.4 Å². The third-order valence-corrected chi connectivity index (χ3v) is 6.36. The molecule has 0 saturated carbocycles. The molecule has 0 spiro atoms. The first-order valence-electron chi connectivity index (χ1n) is 10.8. The molecule has 0 radical (unpaired) electrons. The Balaban J connectivity index is 1.36. The second-order valence-electron chi connectivity index (χ2n) is 8.06. The number of halogens is 2. The van der Waals surface area contributed by atoms with E-state index in [2.05, 4.69) is 56.5 Å². The van der Waals surface area contributed by atoms with Crippen LogP contribution in [0.15, 0.2) is 79.0 Å². The number of anilines is 3. The zero-order valence-electron chi connectivity index (χ0n) is 17.6. The van der Waals surface area contributed by atoms with Crippen LogP contribution in [0.4, 0.5) is 17.1 Å². The fourth-order valence-corrected chi connectivity index (χ4v) is 4.59. The zero-order chi connectivity index (χ0) is 21.9. The second-order valence-corrected chi connectivity index (χ2v) is 8.93. The van der Waals surface area contributed by atoms with Gasteiger partial charge >= 0.3 is 0 Å². The molecule has 1 aromatic heterocycles. The van der Waals surface area contributed by atoms with Gasteiger partial charge < -0.3 is 10.2 Å². The van der Waals surface area contributed by atoms with Crippen molar-refractivity contribution in [1.82, 2.24) is 9.88 Å². The maximum absolute atomic E-state index is 6.38. The van der Waals surface area contributed by atoms with Crippen molar-refractivity contribution in [1.29, 1.82) is 0 Å². The van der Waals surface area contributed by atoms with Crippen LogP contribution in [0.5, 0.6) is 0 Å². The van der Waals surface area contributed by atoms with Crippen LogP contribution in [0.3, 0.4) is 0 Å². The summed E-state index contributed by atoms with van der Waals surface area (Å²) in [6.45, 7) is 4.97. The fourth-order valence-electron chi connectivity index (χ4n) is 4.25. The molecule has 1 saturated heterocycles. The van der Waals surface area contributed by atoms with E-state index in [1.54, 1.807) is 6.20 Å². The third kappa shape index (κ3) is 4.68. The summed E-state index contributed by atoms with van der Waals surface area (Å²) in [6.07, 6.45) is 1.80. The zero-order valence-corrected chi connectivity index (χ0v) is 19.2. The van der Waals surface area contributed by atoms with Gasteiger partial charge in [0.1, 0.15) is 0 Å². The number of piperazine rings is 1. The molecule has 6 heteroatoms. The Morgan fingerprint density at radius 2 is 1.53 bits per heavy atom. The van der Waals surface area contributed by atoms with Gasteiger partial charge in [0.25, 0.3) is 0 Å². The minimum Gasteiger partial charge on any atom is -0.367 e. The predicted molar refractivity (Wildman–Crippen MR) is 135 cm³/mol. The van der Waals surface area contributed by atoms with Crippen molar-refractivity contribution in [2.75, 3.05) is 36.4 Å². The van der Waals surface area contributed by atoms with Gasteiger partial charge in [0.2, 0.25) is 0 Å². The van der Waals surface area contributed by atoms with Gasteiger partial charge in [-0.3, -0.25) is 9.88 Å². The van der Waals surface area contributed by atoms with Crippen molar-refractivity contribution >= 4 is 51.2 Å². The van der Waals surface area contributed by atoms with Gasteiger partial charge in [0, 0.05) is 60.0 Å². The quantitative estimate of drug-likeness (QED) is 0.361. The lowest BCUT2D eigenvalue weighted by molar-refractivity contribution is 0.250. The lowest BCUT2D eigenvalue weighted by Gasteiger charge is -2.37. The van der Waals surface area contributed by atoms with Crippen LogP contribution in [0.1, 0.15) is 5.56 Å². The van der Waals surface area contributed by atoms with Crippen LogP contribution in [-0.2, 0) is 6.54 Å². The molecule has 5 rings (SSSR count). The van der Waals surface area contributed by atoms with Crippen LogP contribution >= 0.6 is 23.2 Å². The summed E-state index contributed by atoms with van der Waals surface area (Å²) in [5.41, 5.74) is 5.36. The number of aromatic nitrogens is 1. The minimum atomic E-state index is 0.680. The monoisotopic (exact) mass is 462 g/mol. The molecule has 1 N–H and O–H groups in total. The van der Waals surface area contributed by atoms with Gasteiger partial charge in [-0.25, -0.2) is 0 Å². The van der Waals surface area contributed by atoms with Crippen molar-refractivity contribution in [3.8, 4) is 0 Å². The van der Waals surface area contributed by atoms with Crippen LogP contribution in [-0.4, -0.2) is 36.1 Å². The van der Waals surface area contributed by atoms with E-state index >= 15 is 0 Å². The van der Waals surface area contributed by atoms with Gasteiger partial charge in [-0.1, -0.05) is 53.5 Å². The van der Waals surface area contributed by atoms with E-state index in [0.29, 0.717) is 10.0 Å². The standard InChI is InChI=1S/C26H24Cl2N4/c27-20-6-8-22-23(10-11-29-24(22)16-20)30-25-17-21(28)7-9-26(25)32-14-12-31(13-15-32)18-19-4-2-1-3-5-19/h1-11,16-17H,12-15,18H2,(H,29,30). The molecule has 0 aliphatic carbocycles. The Morgan fingerprint density at radius 1 is 0.781 bits per heavy atom. The summed E-state index contributed by atoms with van der Waals surface area (Å²) in [5, 5.41) is 6.01. The van der Waals surface area contributed by atoms with E-state index in [4.69, 9.17) is 23.2 Å². The highest BCUT2D eigenvalue weighted by atomic mass is 35.5. The maximum Gasteiger partial charge on any atom is 0.0737 e. The molecule has 4 nitrogen and oxygen atoms in total. The molecule has 0 unspecified atom stereocenters. The average Bonchev–Trinajstić information content (AvgIpc) is 2.81. The number of benzene rings is 3. The Kier molecular flexibility index (Phi) is 6.17. The molecule has 0 amide bonds. The van der Waals surface area contributed by atoms with E-state index in [0.717, 1.165) is 60.7 Å². The smallest absolute Gasteiger partial charge is 0.0737 e. The third-order valence-electron chi connectivity index (χ3n) is 5.89. The first-order chi connectivity index (χ1) is 15.7. The van der Waals surface area contributed by atoms with Crippen molar-refractivity contribution < 1.29 is 0 Å². The maximum atomic E-state index is 6.38. The van der Waals surface area contributed by atoms with Gasteiger partial charge in [-0.2, -0.15) is 0 Å². The summed E-state index contributed by atoms with van der Waals surface area (Å²) in [7, 11) is 0. The Morgan fingerprint density at radius 3 is 2.34 bits per heavy atom. The number of nitrogens with one attached hydrogen (secondary N) is 1. The van der Waals surface area contributed by atoms with Crippen molar-refractivity contribution in [3.63, 3.8) is 0 Å². The Labute approximate surface area is 198 Å². The lowest BCUT2D eigenvalue weighted by atomic mass is 10.1. The molecule has 162 valence electrons. The summed E-state index contributed by atoms with van der Waals surface area (Å²) in [6, 6.07) is 24.5. The lowest BCUT2D eigenvalue weighted by Crippen LogP contribution is -2.46. The molecule has 0 atom stereocenters. The average molecular weight is 463 g/mol. The SMILES string of the molecule is Clc1ccc(N2CCN(Cc3ccccc3)CC2)c(Nc2ccnc3cc(Cl)ccc23)c1. The largest absolute Gasteiger partial charge is 0.367 e. The molecule has 4 aromatic rings. The van der Waals surface area contributed by atoms with Crippen LogP contribution in [0.2, 0.25) is 10.0 Å². The number of hydrogen-bond donors (Lipinski definition) is 1. The highest BCUT2D eigenvalue weighted by Crippen LogP contribution is 2.35. The molecular formula is C26H24Cl2N4. The highest BCUT2D eigenvalue weighted by Gasteiger charge is 2.20. The van der Waals surface area contributed by atoms with E-state index in [9.17, 15) is 0 Å². The molecule has 2 heterocycles. The Hall–Kier alpha value is -2.79. The van der Waals surface area contributed by atoms with E-state index < -0.39 is 0 Å². The molecule has 3 aromatic carbocycles. The van der Waals surface area contributed by atoms with Crippen LogP contribution in [0.25, 0.3) is 10.9 Å². The van der Waals surface area contributed by atoms with Crippen molar-refractivity contribution in [2.24, 2.45) is 0 Å². The first kappa shape index (κ1) is 21.1. The predicted octanol–water partition coefficient (Wildman–Crippen LogP) is 6.61. The Bertz CT molecular complexity index is 1220. The van der Waals surface area contributed by atoms with Gasteiger partial charge in [0.15, 0.2) is 0 Å². The molecular weight excluding hydrogens is 439 g/mol. The number of hydrogen-bond acceptors (Lipinski definition) is 4. The topological polar surface area (TPSA) is 31.4 Å². The summed E-state index contributed by atoms with van der Waals surface area (Å²) in [4.78, 5) is 9.39. The van der Waals surface area contributed by atoms with E-state index in [-0.39, 0.29) is 0 Å². The number of nitrogens with zero attached hydrogens (tertiary/aromatic N) is 3. The molecule has 32 heavy (non-hydrogen) atoms. The van der Waals surface area contributed by atoms with Crippen molar-refractivity contribution in [2.45, 2.75) is 6.54 Å². The summed E-state index contributed by atoms with van der Waals surface area (Å²) in [5.74, 6) is 0. The summed E-state index contributed by atoms with van der Waals surface area (Å²) < 4.78 is 0. The second kappa shape index (κ2) is 9.37. The highest BCUT2D eigenvalue weighted by molar-refractivity contribution is 6.31. The molecule has 1 aliphatic rings. The molecule has 0 bridgehead atoms. The normalized spacial score (nSPS) is 14.6.